The van der Waals surface area contributed by atoms with Crippen LogP contribution in [0.5, 0.6) is 0 Å². The van der Waals surface area contributed by atoms with E-state index in [2.05, 4.69) is 11.8 Å². The van der Waals surface area contributed by atoms with Crippen molar-refractivity contribution in [2.75, 3.05) is 13.1 Å². The molecule has 0 saturated heterocycles. The summed E-state index contributed by atoms with van der Waals surface area (Å²) in [6, 6.07) is 11.6. The number of hydrogen-bond donors (Lipinski definition) is 2. The maximum absolute atomic E-state index is 10.3. The maximum Gasteiger partial charge on any atom is 0.117 e. The second-order valence-electron chi connectivity index (χ2n) is 4.87. The predicted octanol–water partition coefficient (Wildman–Crippen LogP) is 2.29. The lowest BCUT2D eigenvalue weighted by Gasteiger charge is -2.23. The SMILES string of the molecule is CCN(Cc1ccco1)CC(O)c1ccc(CN)cc1. The summed E-state index contributed by atoms with van der Waals surface area (Å²) in [5.41, 5.74) is 7.56. The van der Waals surface area contributed by atoms with E-state index in [1.165, 1.54) is 0 Å². The number of aliphatic hydroxyl groups is 1. The molecule has 0 aliphatic rings. The van der Waals surface area contributed by atoms with Crippen LogP contribution in [-0.4, -0.2) is 23.1 Å². The Kier molecular flexibility index (Phi) is 5.35. The molecule has 1 unspecified atom stereocenters. The van der Waals surface area contributed by atoms with Crippen LogP contribution in [-0.2, 0) is 13.1 Å². The summed E-state index contributed by atoms with van der Waals surface area (Å²) in [6.07, 6.45) is 1.17. The van der Waals surface area contributed by atoms with E-state index in [1.54, 1.807) is 6.26 Å². The van der Waals surface area contributed by atoms with E-state index in [0.29, 0.717) is 19.6 Å². The van der Waals surface area contributed by atoms with Gasteiger partial charge in [-0.05, 0) is 29.8 Å². The number of nitrogens with zero attached hydrogens (tertiary/aromatic N) is 1. The molecule has 1 aromatic heterocycles. The molecule has 1 atom stereocenters. The van der Waals surface area contributed by atoms with Crippen molar-refractivity contribution in [2.24, 2.45) is 5.73 Å². The number of hydrogen-bond acceptors (Lipinski definition) is 4. The highest BCUT2D eigenvalue weighted by Gasteiger charge is 2.13. The predicted molar refractivity (Wildman–Crippen MR) is 79.0 cm³/mol. The highest BCUT2D eigenvalue weighted by molar-refractivity contribution is 5.24. The van der Waals surface area contributed by atoms with E-state index >= 15 is 0 Å². The van der Waals surface area contributed by atoms with Gasteiger partial charge < -0.3 is 15.3 Å². The first kappa shape index (κ1) is 14.8. The molecule has 108 valence electrons. The Morgan fingerprint density at radius 2 is 2.00 bits per heavy atom. The van der Waals surface area contributed by atoms with Crippen LogP contribution in [0.4, 0.5) is 0 Å². The molecule has 0 amide bonds. The van der Waals surface area contributed by atoms with Crippen LogP contribution in [0.1, 0.15) is 29.9 Å². The molecule has 0 saturated carbocycles. The molecule has 4 heteroatoms. The standard InChI is InChI=1S/C16H22N2O2/c1-2-18(11-15-4-3-9-20-15)12-16(19)14-7-5-13(10-17)6-8-14/h3-9,16,19H,2,10-12,17H2,1H3. The Morgan fingerprint density at radius 1 is 1.25 bits per heavy atom. The van der Waals surface area contributed by atoms with Gasteiger partial charge in [-0.2, -0.15) is 0 Å². The van der Waals surface area contributed by atoms with Crippen molar-refractivity contribution in [3.8, 4) is 0 Å². The molecular formula is C16H22N2O2. The second kappa shape index (κ2) is 7.24. The van der Waals surface area contributed by atoms with Crippen LogP contribution >= 0.6 is 0 Å². The zero-order valence-electron chi connectivity index (χ0n) is 11.8. The van der Waals surface area contributed by atoms with Crippen LogP contribution in [0.15, 0.2) is 47.1 Å². The fourth-order valence-corrected chi connectivity index (χ4v) is 2.15. The number of nitrogens with two attached hydrogens (primary N) is 1. The number of furan rings is 1. The molecule has 0 spiro atoms. The van der Waals surface area contributed by atoms with Crippen molar-refractivity contribution in [3.63, 3.8) is 0 Å². The van der Waals surface area contributed by atoms with Crippen LogP contribution in [0.25, 0.3) is 0 Å². The molecule has 0 aliphatic heterocycles. The number of benzene rings is 1. The van der Waals surface area contributed by atoms with E-state index in [4.69, 9.17) is 10.2 Å². The summed E-state index contributed by atoms with van der Waals surface area (Å²) in [6.45, 7) is 4.75. The number of aliphatic hydroxyl groups excluding tert-OH is 1. The zero-order chi connectivity index (χ0) is 14.4. The van der Waals surface area contributed by atoms with Crippen molar-refractivity contribution in [1.29, 1.82) is 0 Å². The molecule has 20 heavy (non-hydrogen) atoms. The van der Waals surface area contributed by atoms with Gasteiger partial charge in [-0.15, -0.1) is 0 Å². The van der Waals surface area contributed by atoms with Gasteiger partial charge in [0.15, 0.2) is 0 Å². The molecule has 1 aromatic carbocycles. The highest BCUT2D eigenvalue weighted by Crippen LogP contribution is 2.16. The van der Waals surface area contributed by atoms with Gasteiger partial charge in [0.25, 0.3) is 0 Å². The first-order valence-corrected chi connectivity index (χ1v) is 6.94. The van der Waals surface area contributed by atoms with Crippen molar-refractivity contribution < 1.29 is 9.52 Å². The minimum atomic E-state index is -0.503. The molecule has 2 aromatic rings. The van der Waals surface area contributed by atoms with Gasteiger partial charge >= 0.3 is 0 Å². The van der Waals surface area contributed by atoms with Crippen LogP contribution in [0.3, 0.4) is 0 Å². The Labute approximate surface area is 119 Å². The highest BCUT2D eigenvalue weighted by atomic mass is 16.3. The summed E-state index contributed by atoms with van der Waals surface area (Å²) in [5, 5.41) is 10.3. The molecule has 2 rings (SSSR count). The zero-order valence-corrected chi connectivity index (χ0v) is 11.8. The number of likely N-dealkylation sites (N-methyl/N-ethyl adjacent to an activating group) is 1. The fourth-order valence-electron chi connectivity index (χ4n) is 2.15. The molecule has 0 fully saturated rings. The van der Waals surface area contributed by atoms with Crippen molar-refractivity contribution in [3.05, 3.63) is 59.5 Å². The fraction of sp³-hybridized carbons (Fsp3) is 0.375. The second-order valence-corrected chi connectivity index (χ2v) is 4.87. The normalized spacial score (nSPS) is 12.8. The summed E-state index contributed by atoms with van der Waals surface area (Å²) >= 11 is 0. The molecule has 3 N–H and O–H groups in total. The summed E-state index contributed by atoms with van der Waals surface area (Å²) in [7, 11) is 0. The molecule has 1 heterocycles. The van der Waals surface area contributed by atoms with Crippen molar-refractivity contribution >= 4 is 0 Å². The number of rotatable bonds is 7. The third-order valence-electron chi connectivity index (χ3n) is 3.44. The first-order chi connectivity index (χ1) is 9.72. The van der Waals surface area contributed by atoms with Gasteiger partial charge in [-0.25, -0.2) is 0 Å². The first-order valence-electron chi connectivity index (χ1n) is 6.94. The lowest BCUT2D eigenvalue weighted by Crippen LogP contribution is -2.28. The Morgan fingerprint density at radius 3 is 2.55 bits per heavy atom. The lowest BCUT2D eigenvalue weighted by molar-refractivity contribution is 0.108. The average molecular weight is 274 g/mol. The minimum absolute atomic E-state index is 0.503. The summed E-state index contributed by atoms with van der Waals surface area (Å²) < 4.78 is 5.35. The third kappa shape index (κ3) is 3.93. The van der Waals surface area contributed by atoms with E-state index in [-0.39, 0.29) is 0 Å². The lowest BCUT2D eigenvalue weighted by atomic mass is 10.1. The van der Waals surface area contributed by atoms with Gasteiger partial charge in [-0.1, -0.05) is 31.2 Å². The minimum Gasteiger partial charge on any atom is -0.468 e. The van der Waals surface area contributed by atoms with E-state index < -0.39 is 6.10 Å². The van der Waals surface area contributed by atoms with Gasteiger partial charge in [0.05, 0.1) is 18.9 Å². The van der Waals surface area contributed by atoms with E-state index in [1.807, 2.05) is 36.4 Å². The molecule has 0 aliphatic carbocycles. The summed E-state index contributed by atoms with van der Waals surface area (Å²) in [5.74, 6) is 0.914. The van der Waals surface area contributed by atoms with Gasteiger partial charge in [0.2, 0.25) is 0 Å². The molecule has 4 nitrogen and oxygen atoms in total. The van der Waals surface area contributed by atoms with Gasteiger partial charge in [0.1, 0.15) is 5.76 Å². The Balaban J connectivity index is 1.95. The van der Waals surface area contributed by atoms with Crippen LogP contribution in [0.2, 0.25) is 0 Å². The van der Waals surface area contributed by atoms with Crippen molar-refractivity contribution in [2.45, 2.75) is 26.1 Å². The third-order valence-corrected chi connectivity index (χ3v) is 3.44. The van der Waals surface area contributed by atoms with Crippen LogP contribution < -0.4 is 5.73 Å². The van der Waals surface area contributed by atoms with E-state index in [0.717, 1.165) is 23.4 Å². The Bertz CT molecular complexity index is 494. The smallest absolute Gasteiger partial charge is 0.117 e. The van der Waals surface area contributed by atoms with Crippen molar-refractivity contribution in [1.82, 2.24) is 4.90 Å². The topological polar surface area (TPSA) is 62.6 Å². The van der Waals surface area contributed by atoms with E-state index in [9.17, 15) is 5.11 Å². The quantitative estimate of drug-likeness (QED) is 0.813. The summed E-state index contributed by atoms with van der Waals surface area (Å²) in [4.78, 5) is 2.15. The molecule has 0 bridgehead atoms. The maximum atomic E-state index is 10.3. The van der Waals surface area contributed by atoms with Gasteiger partial charge in [0, 0.05) is 13.1 Å². The molecule has 0 radical (unpaired) electrons. The van der Waals surface area contributed by atoms with Gasteiger partial charge in [-0.3, -0.25) is 4.90 Å². The monoisotopic (exact) mass is 274 g/mol. The average Bonchev–Trinajstić information content (AvgIpc) is 2.99. The largest absolute Gasteiger partial charge is 0.468 e. The van der Waals surface area contributed by atoms with Crippen LogP contribution in [0, 0.1) is 0 Å². The Hall–Kier alpha value is -1.62. The molecular weight excluding hydrogens is 252 g/mol.